The van der Waals surface area contributed by atoms with Gasteiger partial charge in [-0.2, -0.15) is 0 Å². The molecule has 0 aliphatic carbocycles. The predicted molar refractivity (Wildman–Crippen MR) is 51.4 cm³/mol. The molecule has 0 saturated carbocycles. The van der Waals surface area contributed by atoms with Crippen LogP contribution in [0.2, 0.25) is 0 Å². The van der Waals surface area contributed by atoms with E-state index >= 15 is 0 Å². The molecule has 0 radical (unpaired) electrons. The molecule has 1 N–H and O–H groups in total. The zero-order valence-electron chi connectivity index (χ0n) is 8.65. The molecule has 0 fully saturated rings. The molecule has 0 heterocycles. The van der Waals surface area contributed by atoms with Crippen molar-refractivity contribution in [2.75, 3.05) is 7.05 Å². The highest BCUT2D eigenvalue weighted by Gasteiger charge is 2.17. The number of allylic oxidation sites excluding steroid dienone is 2. The molecule has 11 heavy (non-hydrogen) atoms. The Bertz CT molecular complexity index is 139. The third-order valence-corrected chi connectivity index (χ3v) is 2.26. The van der Waals surface area contributed by atoms with Gasteiger partial charge in [-0.25, -0.2) is 0 Å². The maximum atomic E-state index is 3.13. The molecule has 1 atom stereocenters. The van der Waals surface area contributed by atoms with Gasteiger partial charge in [-0.3, -0.25) is 0 Å². The van der Waals surface area contributed by atoms with Gasteiger partial charge in [-0.1, -0.05) is 33.8 Å². The van der Waals surface area contributed by atoms with Crippen molar-refractivity contribution >= 4 is 0 Å². The second-order valence-corrected chi connectivity index (χ2v) is 4.25. The number of hydrogen-bond donors (Lipinski definition) is 1. The van der Waals surface area contributed by atoms with Crippen LogP contribution in [0.5, 0.6) is 0 Å². The topological polar surface area (TPSA) is 12.0 Å². The number of rotatable bonds is 2. The van der Waals surface area contributed by atoms with Crippen molar-refractivity contribution in [3.63, 3.8) is 0 Å². The van der Waals surface area contributed by atoms with Crippen LogP contribution in [-0.2, 0) is 0 Å². The largest absolute Gasteiger partial charge is 0.392 e. The van der Waals surface area contributed by atoms with Gasteiger partial charge in [0.15, 0.2) is 0 Å². The predicted octanol–water partition coefficient (Wildman–Crippen LogP) is 2.79. The molecule has 0 bridgehead atoms. The molecule has 0 aliphatic heterocycles. The molecule has 1 heteroatoms. The summed E-state index contributed by atoms with van der Waals surface area (Å²) < 4.78 is 0. The first-order chi connectivity index (χ1) is 4.88. The first-order valence-corrected chi connectivity index (χ1v) is 4.24. The third kappa shape index (κ3) is 4.07. The summed E-state index contributed by atoms with van der Waals surface area (Å²) >= 11 is 0. The van der Waals surface area contributed by atoms with Crippen LogP contribution in [-0.4, -0.2) is 7.05 Å². The van der Waals surface area contributed by atoms with Crippen molar-refractivity contribution < 1.29 is 0 Å². The molecule has 0 amide bonds. The lowest BCUT2D eigenvalue weighted by Crippen LogP contribution is -2.17. The molecule has 0 aromatic rings. The Hall–Kier alpha value is -0.460. The number of nitrogens with one attached hydrogen (secondary N) is 1. The second-order valence-electron chi connectivity index (χ2n) is 4.25. The summed E-state index contributed by atoms with van der Waals surface area (Å²) in [5, 5.41) is 3.13. The van der Waals surface area contributed by atoms with Crippen LogP contribution >= 0.6 is 0 Å². The molecule has 0 aromatic heterocycles. The summed E-state index contributed by atoms with van der Waals surface area (Å²) in [4.78, 5) is 0. The molecule has 1 nitrogen and oxygen atoms in total. The molecule has 0 saturated heterocycles. The minimum atomic E-state index is 0.373. The van der Waals surface area contributed by atoms with Gasteiger partial charge in [0, 0.05) is 12.7 Å². The van der Waals surface area contributed by atoms with Gasteiger partial charge in [-0.15, -0.1) is 0 Å². The van der Waals surface area contributed by atoms with Crippen molar-refractivity contribution in [3.05, 3.63) is 11.8 Å². The van der Waals surface area contributed by atoms with Crippen molar-refractivity contribution in [2.45, 2.75) is 34.6 Å². The van der Waals surface area contributed by atoms with Gasteiger partial charge in [0.2, 0.25) is 0 Å². The van der Waals surface area contributed by atoms with Crippen molar-refractivity contribution in [1.82, 2.24) is 5.32 Å². The van der Waals surface area contributed by atoms with Crippen LogP contribution in [0.15, 0.2) is 11.8 Å². The molecule has 0 aliphatic rings. The normalized spacial score (nSPS) is 16.4. The fraction of sp³-hybridized carbons (Fsp3) is 0.800. The van der Waals surface area contributed by atoms with Gasteiger partial charge in [0.05, 0.1) is 0 Å². The fourth-order valence-corrected chi connectivity index (χ4v) is 0.708. The molecular weight excluding hydrogens is 134 g/mol. The Balaban J connectivity index is 4.17. The Labute approximate surface area is 70.9 Å². The van der Waals surface area contributed by atoms with Gasteiger partial charge in [0.25, 0.3) is 0 Å². The van der Waals surface area contributed by atoms with E-state index in [-0.39, 0.29) is 0 Å². The van der Waals surface area contributed by atoms with E-state index in [0.717, 1.165) is 0 Å². The van der Waals surface area contributed by atoms with Gasteiger partial charge >= 0.3 is 0 Å². The van der Waals surface area contributed by atoms with E-state index in [1.807, 2.05) is 7.05 Å². The Morgan fingerprint density at radius 1 is 1.36 bits per heavy atom. The van der Waals surface area contributed by atoms with Crippen molar-refractivity contribution in [2.24, 2.45) is 11.3 Å². The SMILES string of the molecule is CN/C(C)=C\C(C)C(C)(C)C. The summed E-state index contributed by atoms with van der Waals surface area (Å²) in [6.07, 6.45) is 2.28. The highest BCUT2D eigenvalue weighted by molar-refractivity contribution is 4.99. The fourth-order valence-electron chi connectivity index (χ4n) is 0.708. The van der Waals surface area contributed by atoms with E-state index in [1.54, 1.807) is 0 Å². The van der Waals surface area contributed by atoms with Crippen LogP contribution in [0.1, 0.15) is 34.6 Å². The Morgan fingerprint density at radius 2 is 1.82 bits per heavy atom. The highest BCUT2D eigenvalue weighted by Crippen LogP contribution is 2.26. The standard InChI is InChI=1S/C10H21N/c1-8(10(3,4)5)7-9(2)11-6/h7-8,11H,1-6H3/b9-7-. The second kappa shape index (κ2) is 3.80. The lowest BCUT2D eigenvalue weighted by Gasteiger charge is -2.24. The van der Waals surface area contributed by atoms with E-state index < -0.39 is 0 Å². The molecule has 1 unspecified atom stereocenters. The van der Waals surface area contributed by atoms with Crippen LogP contribution in [0.3, 0.4) is 0 Å². The van der Waals surface area contributed by atoms with Crippen LogP contribution < -0.4 is 5.32 Å². The van der Waals surface area contributed by atoms with Gasteiger partial charge in [0.1, 0.15) is 0 Å². The van der Waals surface area contributed by atoms with Gasteiger partial charge < -0.3 is 5.32 Å². The van der Waals surface area contributed by atoms with Crippen LogP contribution in [0.25, 0.3) is 0 Å². The molecule has 0 rings (SSSR count). The summed E-state index contributed by atoms with van der Waals surface area (Å²) in [7, 11) is 1.96. The minimum absolute atomic E-state index is 0.373. The summed E-state index contributed by atoms with van der Waals surface area (Å²) in [5.41, 5.74) is 1.63. The average molecular weight is 155 g/mol. The minimum Gasteiger partial charge on any atom is -0.392 e. The first kappa shape index (κ1) is 10.5. The Kier molecular flexibility index (Phi) is 3.64. The van der Waals surface area contributed by atoms with Gasteiger partial charge in [-0.05, 0) is 18.3 Å². The molecular formula is C10H21N. The lowest BCUT2D eigenvalue weighted by molar-refractivity contribution is 0.312. The molecule has 66 valence electrons. The molecule has 0 spiro atoms. The zero-order valence-corrected chi connectivity index (χ0v) is 8.65. The summed E-state index contributed by atoms with van der Waals surface area (Å²) in [6.45, 7) is 11.1. The molecule has 0 aromatic carbocycles. The zero-order chi connectivity index (χ0) is 9.07. The van der Waals surface area contributed by atoms with E-state index in [4.69, 9.17) is 0 Å². The number of hydrogen-bond acceptors (Lipinski definition) is 1. The quantitative estimate of drug-likeness (QED) is 0.646. The maximum absolute atomic E-state index is 3.13. The highest BCUT2D eigenvalue weighted by atomic mass is 14.8. The summed E-state index contributed by atoms with van der Waals surface area (Å²) in [6, 6.07) is 0. The average Bonchev–Trinajstić information content (AvgIpc) is 1.85. The van der Waals surface area contributed by atoms with E-state index in [9.17, 15) is 0 Å². The monoisotopic (exact) mass is 155 g/mol. The first-order valence-electron chi connectivity index (χ1n) is 4.24. The smallest absolute Gasteiger partial charge is 0.00348 e. The summed E-state index contributed by atoms with van der Waals surface area (Å²) in [5.74, 6) is 0.620. The Morgan fingerprint density at radius 3 is 2.09 bits per heavy atom. The van der Waals surface area contributed by atoms with E-state index in [2.05, 4.69) is 46.0 Å². The lowest BCUT2D eigenvalue weighted by atomic mass is 9.82. The third-order valence-electron chi connectivity index (χ3n) is 2.26. The van der Waals surface area contributed by atoms with Crippen LogP contribution in [0, 0.1) is 11.3 Å². The van der Waals surface area contributed by atoms with Crippen molar-refractivity contribution in [3.8, 4) is 0 Å². The van der Waals surface area contributed by atoms with E-state index in [0.29, 0.717) is 11.3 Å². The van der Waals surface area contributed by atoms with Crippen molar-refractivity contribution in [1.29, 1.82) is 0 Å². The van der Waals surface area contributed by atoms with Crippen LogP contribution in [0.4, 0.5) is 0 Å². The van der Waals surface area contributed by atoms with E-state index in [1.165, 1.54) is 5.70 Å². The maximum Gasteiger partial charge on any atom is 0.00348 e.